The Kier molecular flexibility index (Phi) is 5.24. The third kappa shape index (κ3) is 4.27. The molecule has 2 heterocycles. The molecule has 0 unspecified atom stereocenters. The van der Waals surface area contributed by atoms with Crippen LogP contribution in [0.4, 0.5) is 5.69 Å². The standard InChI is InChI=1S/C23H21N3O3/c1-16-7-8-20-21(10-16)29-15-22(27)26(20)14-17-4-2-6-19(11-17)23(28)25-13-18-5-3-9-24-12-18/h2-12H,13-15H2,1H3,(H,25,28). The van der Waals surface area contributed by atoms with Gasteiger partial charge < -0.3 is 15.0 Å². The molecule has 0 saturated heterocycles. The summed E-state index contributed by atoms with van der Waals surface area (Å²) in [6.07, 6.45) is 3.42. The molecule has 1 aromatic heterocycles. The highest BCUT2D eigenvalue weighted by Gasteiger charge is 2.25. The van der Waals surface area contributed by atoms with Gasteiger partial charge in [-0.15, -0.1) is 0 Å². The number of amides is 2. The minimum Gasteiger partial charge on any atom is -0.482 e. The van der Waals surface area contributed by atoms with Crippen molar-refractivity contribution < 1.29 is 14.3 Å². The Bertz CT molecular complexity index is 1050. The minimum atomic E-state index is -0.167. The first-order chi connectivity index (χ1) is 14.1. The highest BCUT2D eigenvalue weighted by molar-refractivity contribution is 5.98. The Balaban J connectivity index is 1.49. The maximum atomic E-state index is 12.5. The van der Waals surface area contributed by atoms with E-state index >= 15 is 0 Å². The molecule has 3 aromatic rings. The van der Waals surface area contributed by atoms with Crippen LogP contribution in [-0.4, -0.2) is 23.4 Å². The summed E-state index contributed by atoms with van der Waals surface area (Å²) >= 11 is 0. The molecule has 4 rings (SSSR count). The van der Waals surface area contributed by atoms with Gasteiger partial charge in [-0.2, -0.15) is 0 Å². The van der Waals surface area contributed by atoms with Crippen LogP contribution in [0.25, 0.3) is 0 Å². The highest BCUT2D eigenvalue weighted by Crippen LogP contribution is 2.33. The number of ether oxygens (including phenoxy) is 1. The molecule has 6 nitrogen and oxygen atoms in total. The van der Waals surface area contributed by atoms with Crippen LogP contribution in [0.15, 0.2) is 67.0 Å². The summed E-state index contributed by atoms with van der Waals surface area (Å²) in [6.45, 7) is 2.79. The molecule has 0 fully saturated rings. The van der Waals surface area contributed by atoms with Crippen molar-refractivity contribution in [2.75, 3.05) is 11.5 Å². The van der Waals surface area contributed by atoms with E-state index in [1.165, 1.54) is 0 Å². The molecule has 146 valence electrons. The summed E-state index contributed by atoms with van der Waals surface area (Å²) in [5.74, 6) is 0.433. The SMILES string of the molecule is Cc1ccc2c(c1)OCC(=O)N2Cc1cccc(C(=O)NCc2cccnc2)c1. The van der Waals surface area contributed by atoms with Crippen molar-refractivity contribution in [1.82, 2.24) is 10.3 Å². The number of benzene rings is 2. The molecule has 0 atom stereocenters. The van der Waals surface area contributed by atoms with Crippen LogP contribution in [0.3, 0.4) is 0 Å². The molecule has 0 radical (unpaired) electrons. The number of rotatable bonds is 5. The number of aromatic nitrogens is 1. The van der Waals surface area contributed by atoms with Crippen molar-refractivity contribution in [3.8, 4) is 5.75 Å². The van der Waals surface area contributed by atoms with Gasteiger partial charge in [-0.1, -0.05) is 24.3 Å². The third-order valence-corrected chi connectivity index (χ3v) is 4.76. The van der Waals surface area contributed by atoms with Gasteiger partial charge in [-0.05, 0) is 53.9 Å². The summed E-state index contributed by atoms with van der Waals surface area (Å²) in [7, 11) is 0. The Hall–Kier alpha value is -3.67. The summed E-state index contributed by atoms with van der Waals surface area (Å²) < 4.78 is 5.56. The number of carbonyl (C=O) groups is 2. The van der Waals surface area contributed by atoms with Crippen LogP contribution >= 0.6 is 0 Å². The van der Waals surface area contributed by atoms with E-state index in [9.17, 15) is 9.59 Å². The van der Waals surface area contributed by atoms with Crippen LogP contribution in [0.1, 0.15) is 27.0 Å². The number of nitrogens with zero attached hydrogens (tertiary/aromatic N) is 2. The Morgan fingerprint density at radius 3 is 2.83 bits per heavy atom. The quantitative estimate of drug-likeness (QED) is 0.730. The van der Waals surface area contributed by atoms with E-state index in [1.807, 2.05) is 55.5 Å². The number of aryl methyl sites for hydroxylation is 1. The predicted molar refractivity (Wildman–Crippen MR) is 110 cm³/mol. The molecule has 1 N–H and O–H groups in total. The first kappa shape index (κ1) is 18.7. The smallest absolute Gasteiger partial charge is 0.265 e. The minimum absolute atomic E-state index is 0.0156. The molecule has 0 spiro atoms. The van der Waals surface area contributed by atoms with Gasteiger partial charge in [0.15, 0.2) is 6.61 Å². The molecule has 6 heteroatoms. The lowest BCUT2D eigenvalue weighted by molar-refractivity contribution is -0.121. The van der Waals surface area contributed by atoms with Crippen LogP contribution in [0, 0.1) is 6.92 Å². The number of anilines is 1. The van der Waals surface area contributed by atoms with Gasteiger partial charge in [-0.25, -0.2) is 0 Å². The first-order valence-corrected chi connectivity index (χ1v) is 9.40. The fourth-order valence-corrected chi connectivity index (χ4v) is 3.27. The first-order valence-electron chi connectivity index (χ1n) is 9.40. The Labute approximate surface area is 169 Å². The number of hydrogen-bond donors (Lipinski definition) is 1. The zero-order chi connectivity index (χ0) is 20.2. The molecular formula is C23H21N3O3. The largest absolute Gasteiger partial charge is 0.482 e. The van der Waals surface area contributed by atoms with Crippen molar-refractivity contribution >= 4 is 17.5 Å². The maximum absolute atomic E-state index is 12.5. The van der Waals surface area contributed by atoms with E-state index in [4.69, 9.17) is 4.74 Å². The topological polar surface area (TPSA) is 71.5 Å². The zero-order valence-electron chi connectivity index (χ0n) is 16.1. The van der Waals surface area contributed by atoms with Crippen molar-refractivity contribution in [3.63, 3.8) is 0 Å². The van der Waals surface area contributed by atoms with Crippen molar-refractivity contribution in [3.05, 3.63) is 89.2 Å². The van der Waals surface area contributed by atoms with E-state index in [2.05, 4.69) is 10.3 Å². The van der Waals surface area contributed by atoms with Gasteiger partial charge in [0.2, 0.25) is 0 Å². The second kappa shape index (κ2) is 8.14. The lowest BCUT2D eigenvalue weighted by Gasteiger charge is -2.29. The fraction of sp³-hybridized carbons (Fsp3) is 0.174. The van der Waals surface area contributed by atoms with Gasteiger partial charge in [0.05, 0.1) is 12.2 Å². The Morgan fingerprint density at radius 2 is 2.00 bits per heavy atom. The second-order valence-corrected chi connectivity index (χ2v) is 6.98. The molecule has 2 aromatic carbocycles. The number of nitrogens with one attached hydrogen (secondary N) is 1. The van der Waals surface area contributed by atoms with Gasteiger partial charge in [0.25, 0.3) is 11.8 Å². The normalized spacial score (nSPS) is 12.9. The average molecular weight is 387 g/mol. The third-order valence-electron chi connectivity index (χ3n) is 4.76. The van der Waals surface area contributed by atoms with Gasteiger partial charge in [0, 0.05) is 24.5 Å². The summed E-state index contributed by atoms with van der Waals surface area (Å²) in [4.78, 5) is 30.7. The molecule has 2 amide bonds. The van der Waals surface area contributed by atoms with Crippen molar-refractivity contribution in [2.24, 2.45) is 0 Å². The van der Waals surface area contributed by atoms with Crippen LogP contribution in [0.2, 0.25) is 0 Å². The number of fused-ring (bicyclic) bond motifs is 1. The lowest BCUT2D eigenvalue weighted by Crippen LogP contribution is -2.38. The molecular weight excluding hydrogens is 366 g/mol. The lowest BCUT2D eigenvalue weighted by atomic mass is 10.1. The van der Waals surface area contributed by atoms with Gasteiger partial charge in [0.1, 0.15) is 5.75 Å². The average Bonchev–Trinajstić information content (AvgIpc) is 2.75. The summed E-state index contributed by atoms with van der Waals surface area (Å²) in [5.41, 5.74) is 4.18. The van der Waals surface area contributed by atoms with E-state index in [0.717, 1.165) is 22.4 Å². The van der Waals surface area contributed by atoms with Gasteiger partial charge in [-0.3, -0.25) is 14.6 Å². The second-order valence-electron chi connectivity index (χ2n) is 6.98. The summed E-state index contributed by atoms with van der Waals surface area (Å²) in [5, 5.41) is 2.90. The number of carbonyl (C=O) groups excluding carboxylic acids is 2. The Morgan fingerprint density at radius 1 is 1.14 bits per heavy atom. The zero-order valence-corrected chi connectivity index (χ0v) is 16.1. The fourth-order valence-electron chi connectivity index (χ4n) is 3.27. The molecule has 29 heavy (non-hydrogen) atoms. The van der Waals surface area contributed by atoms with E-state index < -0.39 is 0 Å². The molecule has 0 bridgehead atoms. The molecule has 1 aliphatic rings. The molecule has 0 saturated carbocycles. The van der Waals surface area contributed by atoms with Crippen LogP contribution in [-0.2, 0) is 17.9 Å². The van der Waals surface area contributed by atoms with E-state index in [1.54, 1.807) is 23.4 Å². The van der Waals surface area contributed by atoms with Crippen molar-refractivity contribution in [2.45, 2.75) is 20.0 Å². The number of pyridine rings is 1. The predicted octanol–water partition coefficient (Wildman–Crippen LogP) is 3.25. The number of hydrogen-bond acceptors (Lipinski definition) is 4. The summed E-state index contributed by atoms with van der Waals surface area (Å²) in [6, 6.07) is 16.8. The van der Waals surface area contributed by atoms with E-state index in [0.29, 0.717) is 24.4 Å². The molecule has 1 aliphatic heterocycles. The van der Waals surface area contributed by atoms with E-state index in [-0.39, 0.29) is 18.4 Å². The van der Waals surface area contributed by atoms with Crippen LogP contribution < -0.4 is 15.0 Å². The molecule has 0 aliphatic carbocycles. The monoisotopic (exact) mass is 387 g/mol. The van der Waals surface area contributed by atoms with Crippen molar-refractivity contribution in [1.29, 1.82) is 0 Å². The van der Waals surface area contributed by atoms with Gasteiger partial charge >= 0.3 is 0 Å². The van der Waals surface area contributed by atoms with Crippen LogP contribution in [0.5, 0.6) is 5.75 Å². The highest BCUT2D eigenvalue weighted by atomic mass is 16.5. The maximum Gasteiger partial charge on any atom is 0.265 e.